The molecule has 1 N–H and O–H groups in total. The van der Waals surface area contributed by atoms with Crippen LogP contribution in [0.25, 0.3) is 0 Å². The summed E-state index contributed by atoms with van der Waals surface area (Å²) >= 11 is 0. The van der Waals surface area contributed by atoms with Gasteiger partial charge in [0.25, 0.3) is 0 Å². The first kappa shape index (κ1) is 14.5. The molecule has 0 bridgehead atoms. The summed E-state index contributed by atoms with van der Waals surface area (Å²) in [6, 6.07) is 0. The second-order valence-corrected chi connectivity index (χ2v) is 5.04. The molecule has 1 rings (SSSR count). The molecule has 0 aromatic carbocycles. The minimum atomic E-state index is -0.576. The molecule has 0 amide bonds. The van der Waals surface area contributed by atoms with E-state index in [-0.39, 0.29) is 5.97 Å². The van der Waals surface area contributed by atoms with Crippen LogP contribution in [0.3, 0.4) is 0 Å². The number of nitrogens with zero attached hydrogens (tertiary/aromatic N) is 1. The molecular weight excluding hydrogens is 216 g/mol. The second kappa shape index (κ2) is 6.97. The zero-order valence-corrected chi connectivity index (χ0v) is 11.4. The molecule has 4 nitrogen and oxygen atoms in total. The van der Waals surface area contributed by atoms with Crippen LogP contribution < -0.4 is 5.32 Å². The Morgan fingerprint density at radius 1 is 1.29 bits per heavy atom. The first-order valence-electron chi connectivity index (χ1n) is 6.68. The largest absolute Gasteiger partial charge is 0.468 e. The number of likely N-dealkylation sites (tertiary alicyclic amines) is 1. The molecule has 1 saturated heterocycles. The molecule has 0 saturated carbocycles. The van der Waals surface area contributed by atoms with E-state index in [1.165, 1.54) is 32.8 Å². The van der Waals surface area contributed by atoms with Crippen molar-refractivity contribution in [2.75, 3.05) is 33.3 Å². The van der Waals surface area contributed by atoms with E-state index < -0.39 is 5.54 Å². The molecule has 1 aliphatic heterocycles. The first-order valence-corrected chi connectivity index (χ1v) is 6.68. The van der Waals surface area contributed by atoms with Gasteiger partial charge in [0.1, 0.15) is 5.54 Å². The van der Waals surface area contributed by atoms with Crippen molar-refractivity contribution in [1.82, 2.24) is 10.2 Å². The van der Waals surface area contributed by atoms with Gasteiger partial charge in [0.2, 0.25) is 0 Å². The van der Waals surface area contributed by atoms with E-state index in [4.69, 9.17) is 4.74 Å². The summed E-state index contributed by atoms with van der Waals surface area (Å²) in [7, 11) is 1.46. The highest BCUT2D eigenvalue weighted by Gasteiger charge is 2.35. The molecule has 1 heterocycles. The van der Waals surface area contributed by atoms with Crippen LogP contribution in [0.5, 0.6) is 0 Å². The van der Waals surface area contributed by atoms with Gasteiger partial charge in [0, 0.05) is 6.54 Å². The Labute approximate surface area is 105 Å². The maximum Gasteiger partial charge on any atom is 0.327 e. The fourth-order valence-corrected chi connectivity index (χ4v) is 2.55. The predicted octanol–water partition coefficient (Wildman–Crippen LogP) is 1.40. The van der Waals surface area contributed by atoms with Crippen molar-refractivity contribution in [3.63, 3.8) is 0 Å². The molecule has 0 spiro atoms. The standard InChI is InChI=1S/C13H26N2O2/c1-4-14-13(2,12(16)17-3)11-15-9-7-5-6-8-10-15/h14H,4-11H2,1-3H3. The fourth-order valence-electron chi connectivity index (χ4n) is 2.55. The molecule has 0 aromatic rings. The molecule has 17 heavy (non-hydrogen) atoms. The van der Waals surface area contributed by atoms with Gasteiger partial charge in [-0.05, 0) is 39.4 Å². The number of carbonyl (C=O) groups is 1. The minimum Gasteiger partial charge on any atom is -0.468 e. The van der Waals surface area contributed by atoms with E-state index in [0.717, 1.165) is 26.2 Å². The van der Waals surface area contributed by atoms with Crippen molar-refractivity contribution in [3.8, 4) is 0 Å². The van der Waals surface area contributed by atoms with Gasteiger partial charge in [-0.15, -0.1) is 0 Å². The highest BCUT2D eigenvalue weighted by molar-refractivity contribution is 5.80. The SMILES string of the molecule is CCNC(C)(CN1CCCCCC1)C(=O)OC. The molecular formula is C13H26N2O2. The normalized spacial score (nSPS) is 21.6. The molecule has 1 atom stereocenters. The van der Waals surface area contributed by atoms with Crippen molar-refractivity contribution < 1.29 is 9.53 Å². The Bertz CT molecular complexity index is 238. The predicted molar refractivity (Wildman–Crippen MR) is 69.0 cm³/mol. The van der Waals surface area contributed by atoms with Gasteiger partial charge in [0.05, 0.1) is 7.11 Å². The third-order valence-corrected chi connectivity index (χ3v) is 3.44. The van der Waals surface area contributed by atoms with Gasteiger partial charge >= 0.3 is 5.97 Å². The zero-order valence-electron chi connectivity index (χ0n) is 11.4. The number of likely N-dealkylation sites (N-methyl/N-ethyl adjacent to an activating group) is 1. The number of rotatable bonds is 5. The third-order valence-electron chi connectivity index (χ3n) is 3.44. The fraction of sp³-hybridized carbons (Fsp3) is 0.923. The summed E-state index contributed by atoms with van der Waals surface area (Å²) in [6.45, 7) is 7.67. The Morgan fingerprint density at radius 3 is 2.35 bits per heavy atom. The van der Waals surface area contributed by atoms with E-state index >= 15 is 0 Å². The van der Waals surface area contributed by atoms with E-state index in [2.05, 4.69) is 10.2 Å². The van der Waals surface area contributed by atoms with Crippen LogP contribution in [0.15, 0.2) is 0 Å². The lowest BCUT2D eigenvalue weighted by Gasteiger charge is -2.33. The van der Waals surface area contributed by atoms with Crippen LogP contribution in [0.2, 0.25) is 0 Å². The lowest BCUT2D eigenvalue weighted by atomic mass is 10.0. The summed E-state index contributed by atoms with van der Waals surface area (Å²) < 4.78 is 4.91. The number of ether oxygens (including phenoxy) is 1. The smallest absolute Gasteiger partial charge is 0.327 e. The second-order valence-electron chi connectivity index (χ2n) is 5.04. The number of hydrogen-bond acceptors (Lipinski definition) is 4. The van der Waals surface area contributed by atoms with Crippen LogP contribution in [0, 0.1) is 0 Å². The van der Waals surface area contributed by atoms with Crippen molar-refractivity contribution in [2.45, 2.75) is 45.1 Å². The van der Waals surface area contributed by atoms with Crippen LogP contribution in [-0.4, -0.2) is 49.7 Å². The monoisotopic (exact) mass is 242 g/mol. The van der Waals surface area contributed by atoms with Gasteiger partial charge in [-0.1, -0.05) is 19.8 Å². The summed E-state index contributed by atoms with van der Waals surface area (Å²) in [4.78, 5) is 14.3. The third kappa shape index (κ3) is 4.28. The quantitative estimate of drug-likeness (QED) is 0.740. The van der Waals surface area contributed by atoms with Gasteiger partial charge in [-0.25, -0.2) is 0 Å². The number of methoxy groups -OCH3 is 1. The van der Waals surface area contributed by atoms with Crippen LogP contribution in [0.1, 0.15) is 39.5 Å². The van der Waals surface area contributed by atoms with E-state index in [9.17, 15) is 4.79 Å². The average Bonchev–Trinajstić information content (AvgIpc) is 2.56. The average molecular weight is 242 g/mol. The molecule has 4 heteroatoms. The molecule has 0 aliphatic carbocycles. The Morgan fingerprint density at radius 2 is 1.88 bits per heavy atom. The summed E-state index contributed by atoms with van der Waals surface area (Å²) in [5.41, 5.74) is -0.576. The van der Waals surface area contributed by atoms with Crippen molar-refractivity contribution in [2.24, 2.45) is 0 Å². The zero-order chi connectivity index (χ0) is 12.7. The number of carbonyl (C=O) groups excluding carboxylic acids is 1. The highest BCUT2D eigenvalue weighted by atomic mass is 16.5. The first-order chi connectivity index (χ1) is 8.12. The highest BCUT2D eigenvalue weighted by Crippen LogP contribution is 2.15. The van der Waals surface area contributed by atoms with Gasteiger partial charge < -0.3 is 15.0 Å². The van der Waals surface area contributed by atoms with Gasteiger partial charge in [-0.3, -0.25) is 4.79 Å². The summed E-state index contributed by atoms with van der Waals surface area (Å²) in [6.07, 6.45) is 5.10. The molecule has 1 unspecified atom stereocenters. The molecule has 0 radical (unpaired) electrons. The number of nitrogens with one attached hydrogen (secondary N) is 1. The van der Waals surface area contributed by atoms with Crippen LogP contribution in [0.4, 0.5) is 0 Å². The maximum absolute atomic E-state index is 11.9. The van der Waals surface area contributed by atoms with Crippen molar-refractivity contribution >= 4 is 5.97 Å². The van der Waals surface area contributed by atoms with Crippen molar-refractivity contribution in [3.05, 3.63) is 0 Å². The number of esters is 1. The maximum atomic E-state index is 11.9. The molecule has 1 fully saturated rings. The van der Waals surface area contributed by atoms with E-state index in [0.29, 0.717) is 0 Å². The Balaban J connectivity index is 2.60. The topological polar surface area (TPSA) is 41.6 Å². The lowest BCUT2D eigenvalue weighted by molar-refractivity contribution is -0.148. The van der Waals surface area contributed by atoms with Gasteiger partial charge in [0.15, 0.2) is 0 Å². The number of hydrogen-bond donors (Lipinski definition) is 1. The molecule has 0 aromatic heterocycles. The Kier molecular flexibility index (Phi) is 5.92. The van der Waals surface area contributed by atoms with Gasteiger partial charge in [-0.2, -0.15) is 0 Å². The van der Waals surface area contributed by atoms with E-state index in [1.807, 2.05) is 13.8 Å². The molecule has 100 valence electrons. The summed E-state index contributed by atoms with van der Waals surface area (Å²) in [5.74, 6) is -0.163. The van der Waals surface area contributed by atoms with Crippen LogP contribution in [-0.2, 0) is 9.53 Å². The van der Waals surface area contributed by atoms with E-state index in [1.54, 1.807) is 0 Å². The van der Waals surface area contributed by atoms with Crippen LogP contribution >= 0.6 is 0 Å². The van der Waals surface area contributed by atoms with Crippen molar-refractivity contribution in [1.29, 1.82) is 0 Å². The Hall–Kier alpha value is -0.610. The molecule has 1 aliphatic rings. The lowest BCUT2D eigenvalue weighted by Crippen LogP contribution is -2.57. The summed E-state index contributed by atoms with van der Waals surface area (Å²) in [5, 5.41) is 3.26. The minimum absolute atomic E-state index is 0.163.